The lowest BCUT2D eigenvalue weighted by molar-refractivity contribution is -0.147. The fourth-order valence-corrected chi connectivity index (χ4v) is 3.10. The van der Waals surface area contributed by atoms with Crippen LogP contribution in [0.5, 0.6) is 0 Å². The molecule has 10 heteroatoms. The molecule has 0 atom stereocenters. The van der Waals surface area contributed by atoms with E-state index in [2.05, 4.69) is 10.1 Å². The van der Waals surface area contributed by atoms with E-state index in [9.17, 15) is 19.2 Å². The van der Waals surface area contributed by atoms with E-state index in [1.807, 2.05) is 0 Å². The van der Waals surface area contributed by atoms with Gasteiger partial charge in [0.05, 0.1) is 7.11 Å². The Balaban J connectivity index is 5.08. The highest BCUT2D eigenvalue weighted by atomic mass is 28.4. The van der Waals surface area contributed by atoms with Crippen molar-refractivity contribution >= 4 is 32.8 Å². The molecule has 0 unspecified atom stereocenters. The van der Waals surface area contributed by atoms with Gasteiger partial charge in [0.1, 0.15) is 6.17 Å². The molecule has 0 rings (SSSR count). The minimum atomic E-state index is -4.02. The Morgan fingerprint density at radius 2 is 1.26 bits per heavy atom. The van der Waals surface area contributed by atoms with Crippen LogP contribution in [0.3, 0.4) is 0 Å². The molecule has 0 bridgehead atoms. The SMILES string of the molecule is COC(=O)NC[Si](OC(C)=O)(OC(C)=O)OC(C)=O. The molecule has 1 N–H and O–H groups in total. The number of rotatable bonds is 5. The van der Waals surface area contributed by atoms with Crippen LogP contribution in [0.25, 0.3) is 0 Å². The van der Waals surface area contributed by atoms with Crippen LogP contribution < -0.4 is 5.32 Å². The largest absolute Gasteiger partial charge is 0.725 e. The number of carbonyl (C=O) groups is 4. The fraction of sp³-hybridized carbons (Fsp3) is 0.556. The normalized spacial score (nSPS) is 10.1. The number of alkyl carbamates (subject to hydrolysis) is 1. The summed E-state index contributed by atoms with van der Waals surface area (Å²) < 4.78 is 18.7. The highest BCUT2D eigenvalue weighted by Gasteiger charge is 2.52. The molecule has 1 amide bonds. The van der Waals surface area contributed by atoms with Gasteiger partial charge in [-0.3, -0.25) is 14.4 Å². The summed E-state index contributed by atoms with van der Waals surface area (Å²) in [5.41, 5.74) is 0. The first kappa shape index (κ1) is 16.9. The van der Waals surface area contributed by atoms with Crippen molar-refractivity contribution in [1.82, 2.24) is 5.32 Å². The van der Waals surface area contributed by atoms with Gasteiger partial charge in [-0.25, -0.2) is 4.79 Å². The maximum atomic E-state index is 11.0. The molecule has 0 aliphatic rings. The summed E-state index contributed by atoms with van der Waals surface area (Å²) >= 11 is 0. The summed E-state index contributed by atoms with van der Waals surface area (Å²) in [5, 5.41) is 2.16. The maximum absolute atomic E-state index is 11.0. The molecule has 9 nitrogen and oxygen atoms in total. The Hall–Kier alpha value is -2.10. The average molecular weight is 293 g/mol. The topological polar surface area (TPSA) is 117 Å². The number of hydrogen-bond donors (Lipinski definition) is 1. The van der Waals surface area contributed by atoms with Crippen LogP contribution >= 0.6 is 0 Å². The van der Waals surface area contributed by atoms with E-state index >= 15 is 0 Å². The molecule has 0 aliphatic carbocycles. The van der Waals surface area contributed by atoms with E-state index < -0.39 is 39.0 Å². The number of methoxy groups -OCH3 is 1. The molecule has 0 fully saturated rings. The Labute approximate surface area is 110 Å². The Bertz CT molecular complexity index is 342. The summed E-state index contributed by atoms with van der Waals surface area (Å²) in [4.78, 5) is 44.1. The monoisotopic (exact) mass is 293 g/mol. The summed E-state index contributed by atoms with van der Waals surface area (Å²) in [7, 11) is -2.91. The van der Waals surface area contributed by atoms with Gasteiger partial charge in [-0.15, -0.1) is 0 Å². The Kier molecular flexibility index (Phi) is 6.54. The number of nitrogens with one attached hydrogen (secondary N) is 1. The van der Waals surface area contributed by atoms with Crippen molar-refractivity contribution in [1.29, 1.82) is 0 Å². The first-order valence-electron chi connectivity index (χ1n) is 5.11. The molecule has 0 heterocycles. The van der Waals surface area contributed by atoms with Crippen molar-refractivity contribution in [2.24, 2.45) is 0 Å². The van der Waals surface area contributed by atoms with Crippen LogP contribution in [0, 0.1) is 0 Å². The summed E-state index contributed by atoms with van der Waals surface area (Å²) in [6.45, 7) is 3.15. The third-order valence-electron chi connectivity index (χ3n) is 1.53. The van der Waals surface area contributed by atoms with Gasteiger partial charge in [0, 0.05) is 20.8 Å². The van der Waals surface area contributed by atoms with Crippen LogP contribution in [-0.2, 0) is 32.4 Å². The van der Waals surface area contributed by atoms with Gasteiger partial charge in [0.2, 0.25) is 0 Å². The van der Waals surface area contributed by atoms with Crippen molar-refractivity contribution in [3.8, 4) is 0 Å². The highest BCUT2D eigenvalue weighted by Crippen LogP contribution is 2.10. The predicted molar refractivity (Wildman–Crippen MR) is 61.5 cm³/mol. The quantitative estimate of drug-likeness (QED) is 0.675. The molecule has 0 radical (unpaired) electrons. The molecule has 0 aromatic heterocycles. The summed E-state index contributed by atoms with van der Waals surface area (Å²) in [6.07, 6.45) is -1.33. The van der Waals surface area contributed by atoms with Gasteiger partial charge < -0.3 is 23.3 Å². The first-order chi connectivity index (χ1) is 8.70. The van der Waals surface area contributed by atoms with Gasteiger partial charge in [-0.05, 0) is 0 Å². The lowest BCUT2D eigenvalue weighted by atomic mass is 10.9. The second-order valence-corrected chi connectivity index (χ2v) is 5.64. The van der Waals surface area contributed by atoms with E-state index in [0.717, 1.165) is 27.9 Å². The first-order valence-corrected chi connectivity index (χ1v) is 7.04. The lowest BCUT2D eigenvalue weighted by Gasteiger charge is -2.25. The van der Waals surface area contributed by atoms with Crippen molar-refractivity contribution in [2.45, 2.75) is 20.8 Å². The zero-order valence-corrected chi connectivity index (χ0v) is 12.0. The van der Waals surface area contributed by atoms with Gasteiger partial charge in [-0.2, -0.15) is 0 Å². The smallest absolute Gasteiger partial charge is 0.454 e. The minimum absolute atomic E-state index is 0.474. The second kappa shape index (κ2) is 7.36. The Morgan fingerprint density at radius 3 is 1.53 bits per heavy atom. The van der Waals surface area contributed by atoms with E-state index in [4.69, 9.17) is 13.3 Å². The minimum Gasteiger partial charge on any atom is -0.454 e. The number of ether oxygens (including phenoxy) is 1. The van der Waals surface area contributed by atoms with E-state index in [1.165, 1.54) is 0 Å². The summed E-state index contributed by atoms with van der Waals surface area (Å²) in [5.74, 6) is -2.46. The molecular formula is C9H15NO8Si. The lowest BCUT2D eigenvalue weighted by Crippen LogP contribution is -2.57. The van der Waals surface area contributed by atoms with E-state index in [0.29, 0.717) is 0 Å². The maximum Gasteiger partial charge on any atom is 0.725 e. The number of hydrogen-bond acceptors (Lipinski definition) is 8. The molecule has 19 heavy (non-hydrogen) atoms. The van der Waals surface area contributed by atoms with Crippen LogP contribution in [-0.4, -0.2) is 46.1 Å². The van der Waals surface area contributed by atoms with Gasteiger partial charge in [-0.1, -0.05) is 0 Å². The number of amides is 1. The molecule has 0 spiro atoms. The van der Waals surface area contributed by atoms with Gasteiger partial charge >= 0.3 is 14.9 Å². The standard InChI is InChI=1S/C9H15NO8Si/c1-6(11)16-19(17-7(2)12,18-8(3)13)5-10-9(14)15-4/h5H2,1-4H3,(H,10,14). The molecule has 0 aliphatic heterocycles. The molecule has 0 aromatic carbocycles. The van der Waals surface area contributed by atoms with E-state index in [1.54, 1.807) is 0 Å². The summed E-state index contributed by atoms with van der Waals surface area (Å²) in [6, 6.07) is 0. The van der Waals surface area contributed by atoms with Crippen LogP contribution in [0.2, 0.25) is 0 Å². The third kappa shape index (κ3) is 7.03. The molecule has 108 valence electrons. The van der Waals surface area contributed by atoms with Crippen molar-refractivity contribution in [3.05, 3.63) is 0 Å². The molecule has 0 saturated carbocycles. The van der Waals surface area contributed by atoms with Gasteiger partial charge in [0.15, 0.2) is 0 Å². The van der Waals surface area contributed by atoms with Crippen LogP contribution in [0.4, 0.5) is 4.79 Å². The Morgan fingerprint density at radius 1 is 0.895 bits per heavy atom. The average Bonchev–Trinajstić information content (AvgIpc) is 2.22. The third-order valence-corrected chi connectivity index (χ3v) is 3.94. The predicted octanol–water partition coefficient (Wildman–Crippen LogP) is -0.490. The van der Waals surface area contributed by atoms with Crippen LogP contribution in [0.15, 0.2) is 0 Å². The molecule has 0 aromatic rings. The zero-order chi connectivity index (χ0) is 15.1. The van der Waals surface area contributed by atoms with E-state index in [-0.39, 0.29) is 0 Å². The van der Waals surface area contributed by atoms with Crippen molar-refractivity contribution in [2.75, 3.05) is 13.3 Å². The van der Waals surface area contributed by atoms with Crippen LogP contribution in [0.1, 0.15) is 20.8 Å². The molecular weight excluding hydrogens is 278 g/mol. The zero-order valence-electron chi connectivity index (χ0n) is 11.0. The number of carbonyl (C=O) groups excluding carboxylic acids is 4. The van der Waals surface area contributed by atoms with Crippen molar-refractivity contribution in [3.63, 3.8) is 0 Å². The fourth-order valence-electron chi connectivity index (χ4n) is 1.08. The second-order valence-electron chi connectivity index (χ2n) is 3.31. The van der Waals surface area contributed by atoms with Crippen molar-refractivity contribution < 1.29 is 37.2 Å². The van der Waals surface area contributed by atoms with Gasteiger partial charge in [0.25, 0.3) is 17.9 Å². The molecule has 0 saturated heterocycles. The highest BCUT2D eigenvalue weighted by molar-refractivity contribution is 6.66.